The van der Waals surface area contributed by atoms with E-state index >= 15 is 0 Å². The van der Waals surface area contributed by atoms with Crippen molar-refractivity contribution >= 4 is 27.9 Å². The Balaban J connectivity index is 1.60. The van der Waals surface area contributed by atoms with E-state index in [1.807, 2.05) is 41.9 Å². The van der Waals surface area contributed by atoms with Gasteiger partial charge in [-0.05, 0) is 24.3 Å². The topological polar surface area (TPSA) is 77.1 Å². The van der Waals surface area contributed by atoms with E-state index in [-0.39, 0.29) is 12.1 Å². The Bertz CT molecular complexity index is 1160. The molecule has 4 aromatic rings. The molecular weight excluding hydrogens is 318 g/mol. The maximum atomic E-state index is 12.4. The van der Waals surface area contributed by atoms with Gasteiger partial charge in [-0.15, -0.1) is 0 Å². The fraction of sp³-hybridized carbons (Fsp3) is 0.105. The van der Waals surface area contributed by atoms with Crippen molar-refractivity contribution in [2.24, 2.45) is 7.05 Å². The second-order valence-electron chi connectivity index (χ2n) is 5.74. The maximum absolute atomic E-state index is 12.4. The third kappa shape index (κ3) is 2.67. The highest BCUT2D eigenvalue weighted by Crippen LogP contribution is 2.15. The van der Waals surface area contributed by atoms with Crippen LogP contribution in [0.4, 0.5) is 0 Å². The van der Waals surface area contributed by atoms with Gasteiger partial charge < -0.3 is 14.3 Å². The van der Waals surface area contributed by atoms with Crippen LogP contribution < -0.4 is 10.9 Å². The highest BCUT2D eigenvalue weighted by molar-refractivity contribution is 5.96. The van der Waals surface area contributed by atoms with Crippen LogP contribution in [0.2, 0.25) is 0 Å². The van der Waals surface area contributed by atoms with Crippen LogP contribution >= 0.6 is 0 Å². The second kappa shape index (κ2) is 5.90. The van der Waals surface area contributed by atoms with Gasteiger partial charge in [0.1, 0.15) is 17.0 Å². The van der Waals surface area contributed by atoms with Gasteiger partial charge >= 0.3 is 5.63 Å². The molecule has 6 nitrogen and oxygen atoms in total. The lowest BCUT2D eigenvalue weighted by Crippen LogP contribution is -2.28. The molecule has 0 saturated carbocycles. The van der Waals surface area contributed by atoms with Gasteiger partial charge in [0.15, 0.2) is 0 Å². The minimum absolute atomic E-state index is 0.0162. The molecule has 124 valence electrons. The van der Waals surface area contributed by atoms with Gasteiger partial charge in [0, 0.05) is 12.4 Å². The normalized spacial score (nSPS) is 11.1. The first kappa shape index (κ1) is 15.1. The van der Waals surface area contributed by atoms with Crippen molar-refractivity contribution in [3.8, 4) is 0 Å². The Hall–Kier alpha value is -3.41. The van der Waals surface area contributed by atoms with Gasteiger partial charge in [0.05, 0.1) is 17.6 Å². The van der Waals surface area contributed by atoms with Gasteiger partial charge in [0.2, 0.25) is 0 Å². The quantitative estimate of drug-likeness (QED) is 0.585. The molecule has 2 heterocycles. The van der Waals surface area contributed by atoms with E-state index in [9.17, 15) is 9.59 Å². The number of nitrogens with zero attached hydrogens (tertiary/aromatic N) is 2. The van der Waals surface area contributed by atoms with E-state index in [0.717, 1.165) is 11.0 Å². The molecule has 2 aromatic carbocycles. The zero-order valence-electron chi connectivity index (χ0n) is 13.5. The fourth-order valence-corrected chi connectivity index (χ4v) is 2.83. The first-order chi connectivity index (χ1) is 12.1. The summed E-state index contributed by atoms with van der Waals surface area (Å²) in [7, 11) is 1.89. The predicted molar refractivity (Wildman–Crippen MR) is 94.4 cm³/mol. The Morgan fingerprint density at radius 1 is 1.16 bits per heavy atom. The number of para-hydroxylation sites is 3. The lowest BCUT2D eigenvalue weighted by molar-refractivity contribution is 0.0946. The van der Waals surface area contributed by atoms with Crippen LogP contribution in [0.3, 0.4) is 0 Å². The predicted octanol–water partition coefficient (Wildman–Crippen LogP) is 2.61. The zero-order chi connectivity index (χ0) is 17.4. The molecule has 0 radical (unpaired) electrons. The highest BCUT2D eigenvalue weighted by atomic mass is 16.4. The van der Waals surface area contributed by atoms with Gasteiger partial charge in [-0.25, -0.2) is 9.78 Å². The maximum Gasteiger partial charge on any atom is 0.349 e. The lowest BCUT2D eigenvalue weighted by Gasteiger charge is -2.05. The first-order valence-corrected chi connectivity index (χ1v) is 7.85. The summed E-state index contributed by atoms with van der Waals surface area (Å²) in [4.78, 5) is 28.9. The summed E-state index contributed by atoms with van der Waals surface area (Å²) in [6.45, 7) is 0.219. The molecule has 1 N–H and O–H groups in total. The molecular formula is C19H15N3O3. The molecule has 6 heteroatoms. The number of hydrogen-bond acceptors (Lipinski definition) is 4. The first-order valence-electron chi connectivity index (χ1n) is 7.85. The summed E-state index contributed by atoms with van der Waals surface area (Å²) >= 11 is 0. The summed E-state index contributed by atoms with van der Waals surface area (Å²) in [5.74, 6) is 0.228. The van der Waals surface area contributed by atoms with Gasteiger partial charge in [0.25, 0.3) is 5.91 Å². The van der Waals surface area contributed by atoms with Crippen molar-refractivity contribution in [2.45, 2.75) is 6.54 Å². The Morgan fingerprint density at radius 3 is 2.76 bits per heavy atom. The molecule has 2 aromatic heterocycles. The average Bonchev–Trinajstić information content (AvgIpc) is 2.95. The molecule has 0 bridgehead atoms. The number of carbonyl (C=O) groups is 1. The Kier molecular flexibility index (Phi) is 3.57. The van der Waals surface area contributed by atoms with Gasteiger partial charge in [-0.2, -0.15) is 0 Å². The Labute approximate surface area is 142 Å². The van der Waals surface area contributed by atoms with Crippen molar-refractivity contribution < 1.29 is 9.21 Å². The van der Waals surface area contributed by atoms with Crippen molar-refractivity contribution in [3.05, 3.63) is 76.4 Å². The summed E-state index contributed by atoms with van der Waals surface area (Å²) < 4.78 is 7.12. The number of rotatable bonds is 3. The second-order valence-corrected chi connectivity index (χ2v) is 5.74. The SMILES string of the molecule is Cn1c(CNC(=O)c2cc3ccccc3oc2=O)nc2ccccc21. The minimum Gasteiger partial charge on any atom is -0.422 e. The van der Waals surface area contributed by atoms with Crippen molar-refractivity contribution in [1.29, 1.82) is 0 Å². The molecule has 0 unspecified atom stereocenters. The third-order valence-corrected chi connectivity index (χ3v) is 4.17. The van der Waals surface area contributed by atoms with Crippen molar-refractivity contribution in [1.82, 2.24) is 14.9 Å². The summed E-state index contributed by atoms with van der Waals surface area (Å²) in [5.41, 5.74) is 1.63. The summed E-state index contributed by atoms with van der Waals surface area (Å²) in [6, 6.07) is 16.4. The van der Waals surface area contributed by atoms with E-state index in [4.69, 9.17) is 4.42 Å². The molecule has 1 amide bonds. The van der Waals surface area contributed by atoms with E-state index < -0.39 is 11.5 Å². The number of carbonyl (C=O) groups excluding carboxylic acids is 1. The number of hydrogen-bond donors (Lipinski definition) is 1. The number of imidazole rings is 1. The van der Waals surface area contributed by atoms with Crippen molar-refractivity contribution in [2.75, 3.05) is 0 Å². The van der Waals surface area contributed by atoms with Crippen LogP contribution in [-0.2, 0) is 13.6 Å². The van der Waals surface area contributed by atoms with E-state index in [2.05, 4.69) is 10.3 Å². The van der Waals surface area contributed by atoms with Gasteiger partial charge in [-0.1, -0.05) is 30.3 Å². The van der Waals surface area contributed by atoms with Crippen LogP contribution in [0.15, 0.2) is 63.8 Å². The third-order valence-electron chi connectivity index (χ3n) is 4.17. The van der Waals surface area contributed by atoms with Crippen LogP contribution in [0.1, 0.15) is 16.2 Å². The standard InChI is InChI=1S/C19H15N3O3/c1-22-15-8-4-3-7-14(15)21-17(22)11-20-18(23)13-10-12-6-2-5-9-16(12)25-19(13)24/h2-10H,11H2,1H3,(H,20,23). The van der Waals surface area contributed by atoms with Crippen LogP contribution in [0, 0.1) is 0 Å². The number of benzene rings is 2. The molecule has 0 spiro atoms. The zero-order valence-corrected chi connectivity index (χ0v) is 13.5. The molecule has 0 atom stereocenters. The Morgan fingerprint density at radius 2 is 1.92 bits per heavy atom. The van der Waals surface area contributed by atoms with Crippen molar-refractivity contribution in [3.63, 3.8) is 0 Å². The molecule has 0 fully saturated rings. The largest absolute Gasteiger partial charge is 0.422 e. The van der Waals surface area contributed by atoms with Crippen LogP contribution in [-0.4, -0.2) is 15.5 Å². The molecule has 0 aliphatic rings. The van der Waals surface area contributed by atoms with E-state index in [1.54, 1.807) is 24.3 Å². The monoisotopic (exact) mass is 333 g/mol. The highest BCUT2D eigenvalue weighted by Gasteiger charge is 2.15. The fourth-order valence-electron chi connectivity index (χ4n) is 2.83. The average molecular weight is 333 g/mol. The molecule has 25 heavy (non-hydrogen) atoms. The van der Waals surface area contributed by atoms with E-state index in [1.165, 1.54) is 0 Å². The number of fused-ring (bicyclic) bond motifs is 2. The summed E-state index contributed by atoms with van der Waals surface area (Å²) in [6.07, 6.45) is 0. The smallest absolute Gasteiger partial charge is 0.349 e. The van der Waals surface area contributed by atoms with Crippen LogP contribution in [0.25, 0.3) is 22.0 Å². The number of amides is 1. The van der Waals surface area contributed by atoms with E-state index in [0.29, 0.717) is 16.8 Å². The number of aromatic nitrogens is 2. The minimum atomic E-state index is -0.652. The molecule has 0 saturated heterocycles. The number of aryl methyl sites for hydroxylation is 1. The molecule has 0 aliphatic heterocycles. The summed E-state index contributed by atoms with van der Waals surface area (Å²) in [5, 5.41) is 3.44. The molecule has 4 rings (SSSR count). The molecule has 0 aliphatic carbocycles. The lowest BCUT2D eigenvalue weighted by atomic mass is 10.2. The van der Waals surface area contributed by atoms with Gasteiger partial charge in [-0.3, -0.25) is 4.79 Å². The number of nitrogens with one attached hydrogen (secondary N) is 1. The van der Waals surface area contributed by atoms with Crippen LogP contribution in [0.5, 0.6) is 0 Å².